The molecule has 88 valence electrons. The smallest absolute Gasteiger partial charge is 0.410 e. The number of likely N-dealkylation sites (tertiary alicyclic amines) is 1. The molecule has 0 spiro atoms. The zero-order valence-electron chi connectivity index (χ0n) is 9.64. The second-order valence-corrected chi connectivity index (χ2v) is 4.26. The van der Waals surface area contributed by atoms with Gasteiger partial charge in [0, 0.05) is 6.54 Å². The average Bonchev–Trinajstić information content (AvgIpc) is 2.73. The van der Waals surface area contributed by atoms with E-state index in [-0.39, 0.29) is 5.92 Å². The van der Waals surface area contributed by atoms with Gasteiger partial charge in [-0.05, 0) is 18.8 Å². The van der Waals surface area contributed by atoms with E-state index in [0.717, 1.165) is 6.42 Å². The normalized spacial score (nSPS) is 19.9. The molecule has 1 rings (SSSR count). The van der Waals surface area contributed by atoms with E-state index in [9.17, 15) is 9.59 Å². The summed E-state index contributed by atoms with van der Waals surface area (Å²) in [4.78, 5) is 24.3. The predicted molar refractivity (Wildman–Crippen MR) is 57.8 cm³/mol. The molecule has 5 nitrogen and oxygen atoms in total. The van der Waals surface area contributed by atoms with Crippen molar-refractivity contribution >= 4 is 20.1 Å². The van der Waals surface area contributed by atoms with Gasteiger partial charge in [-0.1, -0.05) is 13.8 Å². The van der Waals surface area contributed by atoms with Crippen LogP contribution < -0.4 is 0 Å². The van der Waals surface area contributed by atoms with Crippen LogP contribution in [0.25, 0.3) is 0 Å². The number of rotatable bonds is 3. The largest absolute Gasteiger partial charge is 0.542 e. The van der Waals surface area contributed by atoms with Gasteiger partial charge in [0.2, 0.25) is 0 Å². The number of amides is 1. The van der Waals surface area contributed by atoms with Gasteiger partial charge in [-0.3, -0.25) is 9.69 Å². The molecule has 0 saturated carbocycles. The van der Waals surface area contributed by atoms with Gasteiger partial charge in [-0.25, -0.2) is 4.79 Å². The van der Waals surface area contributed by atoms with E-state index in [1.807, 2.05) is 13.8 Å². The van der Waals surface area contributed by atoms with Crippen LogP contribution in [0.1, 0.15) is 26.7 Å². The van der Waals surface area contributed by atoms with Crippen molar-refractivity contribution in [3.8, 4) is 0 Å². The van der Waals surface area contributed by atoms with E-state index in [4.69, 9.17) is 12.8 Å². The molecular formula is C10H16BNO4. The third-order valence-electron chi connectivity index (χ3n) is 2.42. The Morgan fingerprint density at radius 1 is 1.50 bits per heavy atom. The lowest BCUT2D eigenvalue weighted by atomic mass is 10.2. The monoisotopic (exact) mass is 225 g/mol. The number of carbonyl (C=O) groups is 2. The summed E-state index contributed by atoms with van der Waals surface area (Å²) < 4.78 is 9.20. The summed E-state index contributed by atoms with van der Waals surface area (Å²) in [5, 5.41) is 0. The van der Waals surface area contributed by atoms with Crippen molar-refractivity contribution in [2.45, 2.75) is 32.7 Å². The molecule has 0 N–H and O–H groups in total. The lowest BCUT2D eigenvalue weighted by molar-refractivity contribution is -0.138. The summed E-state index contributed by atoms with van der Waals surface area (Å²) >= 11 is 0. The Balaban J connectivity index is 2.51. The first-order chi connectivity index (χ1) is 7.56. The molecule has 6 heteroatoms. The van der Waals surface area contributed by atoms with Crippen molar-refractivity contribution in [2.75, 3.05) is 13.2 Å². The van der Waals surface area contributed by atoms with Gasteiger partial charge in [0.25, 0.3) is 0 Å². The Labute approximate surface area is 96.5 Å². The van der Waals surface area contributed by atoms with Crippen LogP contribution in [0.5, 0.6) is 0 Å². The van der Waals surface area contributed by atoms with E-state index < -0.39 is 18.1 Å². The Kier molecular flexibility index (Phi) is 4.64. The SMILES string of the molecule is [B]OC(=O)[C@H]1CCCN1C(=O)OCC(C)C. The number of carbonyl (C=O) groups excluding carboxylic acids is 2. The van der Waals surface area contributed by atoms with Crippen LogP contribution in [0, 0.1) is 5.92 Å². The topological polar surface area (TPSA) is 55.8 Å². The summed E-state index contributed by atoms with van der Waals surface area (Å²) in [6.07, 6.45) is 0.866. The second kappa shape index (κ2) is 5.77. The molecule has 1 aliphatic heterocycles. The third-order valence-corrected chi connectivity index (χ3v) is 2.42. The predicted octanol–water partition coefficient (Wildman–Crippen LogP) is 0.870. The van der Waals surface area contributed by atoms with Crippen molar-refractivity contribution < 1.29 is 19.0 Å². The van der Waals surface area contributed by atoms with Crippen LogP contribution in [-0.2, 0) is 14.2 Å². The molecule has 2 radical (unpaired) electrons. The molecule has 1 atom stereocenters. The van der Waals surface area contributed by atoms with E-state index in [2.05, 4.69) is 4.65 Å². The minimum Gasteiger partial charge on any atom is -0.542 e. The lowest BCUT2D eigenvalue weighted by Gasteiger charge is -2.22. The summed E-state index contributed by atoms with van der Waals surface area (Å²) in [6.45, 7) is 4.75. The first kappa shape index (κ1) is 12.9. The van der Waals surface area contributed by atoms with E-state index in [1.54, 1.807) is 0 Å². The zero-order chi connectivity index (χ0) is 12.1. The average molecular weight is 225 g/mol. The fourth-order valence-electron chi connectivity index (χ4n) is 1.63. The van der Waals surface area contributed by atoms with E-state index >= 15 is 0 Å². The van der Waals surface area contributed by atoms with Crippen LogP contribution in [0.4, 0.5) is 4.79 Å². The first-order valence-electron chi connectivity index (χ1n) is 5.40. The maximum atomic E-state index is 11.6. The summed E-state index contributed by atoms with van der Waals surface area (Å²) in [5.41, 5.74) is 0. The van der Waals surface area contributed by atoms with E-state index in [1.165, 1.54) is 4.90 Å². The van der Waals surface area contributed by atoms with Crippen LogP contribution in [0.3, 0.4) is 0 Å². The van der Waals surface area contributed by atoms with Crippen molar-refractivity contribution in [3.05, 3.63) is 0 Å². The lowest BCUT2D eigenvalue weighted by Crippen LogP contribution is -2.41. The fraction of sp³-hybridized carbons (Fsp3) is 0.800. The molecule has 0 aromatic heterocycles. The van der Waals surface area contributed by atoms with Gasteiger partial charge in [-0.15, -0.1) is 0 Å². The number of hydrogen-bond donors (Lipinski definition) is 0. The van der Waals surface area contributed by atoms with Crippen LogP contribution in [0.15, 0.2) is 0 Å². The summed E-state index contributed by atoms with van der Waals surface area (Å²) in [5.74, 6) is -0.314. The molecule has 16 heavy (non-hydrogen) atoms. The zero-order valence-corrected chi connectivity index (χ0v) is 9.64. The van der Waals surface area contributed by atoms with Crippen molar-refractivity contribution in [1.29, 1.82) is 0 Å². The second-order valence-electron chi connectivity index (χ2n) is 4.26. The van der Waals surface area contributed by atoms with Crippen molar-refractivity contribution in [2.24, 2.45) is 5.92 Å². The molecule has 1 aliphatic rings. The van der Waals surface area contributed by atoms with Gasteiger partial charge >= 0.3 is 20.1 Å². The Hall–Kier alpha value is -1.20. The van der Waals surface area contributed by atoms with Crippen molar-refractivity contribution in [1.82, 2.24) is 4.90 Å². The minimum atomic E-state index is -0.593. The highest BCUT2D eigenvalue weighted by Gasteiger charge is 2.35. The van der Waals surface area contributed by atoms with Crippen LogP contribution >= 0.6 is 0 Å². The maximum Gasteiger partial charge on any atom is 0.410 e. The Morgan fingerprint density at radius 2 is 2.19 bits per heavy atom. The molecule has 1 fully saturated rings. The molecular weight excluding hydrogens is 209 g/mol. The minimum absolute atomic E-state index is 0.270. The molecule has 0 bridgehead atoms. The summed E-state index contributed by atoms with van der Waals surface area (Å²) in [6, 6.07) is -0.593. The van der Waals surface area contributed by atoms with Gasteiger partial charge in [0.15, 0.2) is 0 Å². The Morgan fingerprint density at radius 3 is 2.75 bits per heavy atom. The quantitative estimate of drug-likeness (QED) is 0.668. The van der Waals surface area contributed by atoms with Crippen LogP contribution in [-0.4, -0.2) is 44.2 Å². The fourth-order valence-corrected chi connectivity index (χ4v) is 1.63. The van der Waals surface area contributed by atoms with E-state index in [0.29, 0.717) is 19.6 Å². The van der Waals surface area contributed by atoms with Gasteiger partial charge in [0.1, 0.15) is 6.04 Å². The van der Waals surface area contributed by atoms with Crippen molar-refractivity contribution in [3.63, 3.8) is 0 Å². The molecule has 0 aliphatic carbocycles. The van der Waals surface area contributed by atoms with Gasteiger partial charge in [0.05, 0.1) is 6.61 Å². The van der Waals surface area contributed by atoms with Gasteiger partial charge < -0.3 is 9.39 Å². The number of ether oxygens (including phenoxy) is 1. The summed E-state index contributed by atoms with van der Waals surface area (Å²) in [7, 11) is 4.81. The third kappa shape index (κ3) is 3.15. The van der Waals surface area contributed by atoms with Gasteiger partial charge in [-0.2, -0.15) is 0 Å². The highest BCUT2D eigenvalue weighted by Crippen LogP contribution is 2.19. The molecule has 0 unspecified atom stereocenters. The number of hydrogen-bond acceptors (Lipinski definition) is 4. The number of nitrogens with zero attached hydrogens (tertiary/aromatic N) is 1. The maximum absolute atomic E-state index is 11.6. The standard InChI is InChI=1S/C10H16BNO4/c1-7(2)6-15-10(14)12-5-3-4-8(12)9(13)16-11/h7-8H,3-6H2,1-2H3/t8-/m1/s1. The molecule has 1 heterocycles. The molecule has 1 saturated heterocycles. The Bertz CT molecular complexity index is 270. The highest BCUT2D eigenvalue weighted by atomic mass is 16.6. The molecule has 0 aromatic rings. The highest BCUT2D eigenvalue weighted by molar-refractivity contribution is 6.06. The van der Waals surface area contributed by atoms with Crippen LogP contribution in [0.2, 0.25) is 0 Å². The first-order valence-corrected chi connectivity index (χ1v) is 5.40. The molecule has 1 amide bonds. The molecule has 0 aromatic carbocycles.